The average Bonchev–Trinajstić information content (AvgIpc) is 2.82. The summed E-state index contributed by atoms with van der Waals surface area (Å²) in [6.07, 6.45) is 5.16. The number of amides is 1. The standard InChI is InChI=1S/C15H18N2O/c1-12-3-2-4-14(9-12)10-15(18)17-8-6-13-5-7-16-11-13/h2-5,7,9,11,16H,6,8,10H2,1H3,(H,17,18). The van der Waals surface area contributed by atoms with E-state index in [0.29, 0.717) is 13.0 Å². The van der Waals surface area contributed by atoms with Crippen molar-refractivity contribution >= 4 is 5.91 Å². The number of aryl methyl sites for hydroxylation is 1. The lowest BCUT2D eigenvalue weighted by Gasteiger charge is -2.05. The number of carbonyl (C=O) groups excluding carboxylic acids is 1. The molecule has 3 nitrogen and oxygen atoms in total. The van der Waals surface area contributed by atoms with Gasteiger partial charge >= 0.3 is 0 Å². The largest absolute Gasteiger partial charge is 0.367 e. The van der Waals surface area contributed by atoms with Gasteiger partial charge in [0.05, 0.1) is 6.42 Å². The van der Waals surface area contributed by atoms with E-state index in [4.69, 9.17) is 0 Å². The van der Waals surface area contributed by atoms with Crippen LogP contribution in [0.4, 0.5) is 0 Å². The molecule has 2 aromatic rings. The first kappa shape index (κ1) is 12.4. The molecule has 0 radical (unpaired) electrons. The highest BCUT2D eigenvalue weighted by Crippen LogP contribution is 2.04. The summed E-state index contributed by atoms with van der Waals surface area (Å²) in [4.78, 5) is 14.7. The van der Waals surface area contributed by atoms with E-state index in [9.17, 15) is 4.79 Å². The van der Waals surface area contributed by atoms with Crippen molar-refractivity contribution < 1.29 is 4.79 Å². The molecule has 1 heterocycles. The van der Waals surface area contributed by atoms with E-state index in [2.05, 4.69) is 10.3 Å². The molecule has 0 spiro atoms. The molecule has 0 aliphatic heterocycles. The zero-order chi connectivity index (χ0) is 12.8. The molecule has 0 saturated heterocycles. The van der Waals surface area contributed by atoms with Gasteiger partial charge in [0, 0.05) is 18.9 Å². The number of nitrogens with one attached hydrogen (secondary N) is 2. The Morgan fingerprint density at radius 1 is 1.28 bits per heavy atom. The molecule has 0 bridgehead atoms. The van der Waals surface area contributed by atoms with Crippen LogP contribution in [-0.2, 0) is 17.6 Å². The molecule has 0 fully saturated rings. The second-order valence-corrected chi connectivity index (χ2v) is 4.49. The number of rotatable bonds is 5. The maximum Gasteiger partial charge on any atom is 0.224 e. The number of hydrogen-bond acceptors (Lipinski definition) is 1. The zero-order valence-corrected chi connectivity index (χ0v) is 10.6. The molecule has 0 saturated carbocycles. The summed E-state index contributed by atoms with van der Waals surface area (Å²) in [7, 11) is 0. The quantitative estimate of drug-likeness (QED) is 0.829. The molecule has 0 aliphatic carbocycles. The van der Waals surface area contributed by atoms with Gasteiger partial charge in [-0.05, 0) is 30.5 Å². The molecule has 2 rings (SSSR count). The van der Waals surface area contributed by atoms with Crippen LogP contribution in [0.15, 0.2) is 42.7 Å². The van der Waals surface area contributed by atoms with Gasteiger partial charge in [-0.25, -0.2) is 0 Å². The lowest BCUT2D eigenvalue weighted by atomic mass is 10.1. The molecule has 1 aromatic carbocycles. The second-order valence-electron chi connectivity index (χ2n) is 4.49. The summed E-state index contributed by atoms with van der Waals surface area (Å²) in [5.74, 6) is 0.0798. The summed E-state index contributed by atoms with van der Waals surface area (Å²) in [6, 6.07) is 10.1. The van der Waals surface area contributed by atoms with Gasteiger partial charge in [-0.3, -0.25) is 4.79 Å². The molecule has 0 aliphatic rings. The number of aromatic amines is 1. The molecule has 0 unspecified atom stereocenters. The van der Waals surface area contributed by atoms with Gasteiger partial charge in [0.15, 0.2) is 0 Å². The summed E-state index contributed by atoms with van der Waals surface area (Å²) < 4.78 is 0. The van der Waals surface area contributed by atoms with E-state index < -0.39 is 0 Å². The minimum absolute atomic E-state index is 0.0798. The molecule has 1 amide bonds. The first-order valence-electron chi connectivity index (χ1n) is 6.18. The van der Waals surface area contributed by atoms with Crippen molar-refractivity contribution in [2.75, 3.05) is 6.54 Å². The maximum atomic E-state index is 11.7. The normalized spacial score (nSPS) is 10.3. The third-order valence-electron chi connectivity index (χ3n) is 2.85. The minimum atomic E-state index is 0.0798. The Morgan fingerprint density at radius 2 is 2.17 bits per heavy atom. The molecule has 3 heteroatoms. The van der Waals surface area contributed by atoms with E-state index in [1.165, 1.54) is 11.1 Å². The smallest absolute Gasteiger partial charge is 0.224 e. The summed E-state index contributed by atoms with van der Waals surface area (Å²) in [5.41, 5.74) is 3.47. The van der Waals surface area contributed by atoms with Gasteiger partial charge < -0.3 is 10.3 Å². The van der Waals surface area contributed by atoms with Gasteiger partial charge in [-0.1, -0.05) is 29.8 Å². The Kier molecular flexibility index (Phi) is 4.18. The lowest BCUT2D eigenvalue weighted by molar-refractivity contribution is -0.120. The van der Waals surface area contributed by atoms with Gasteiger partial charge in [0.2, 0.25) is 5.91 Å². The molecule has 0 atom stereocenters. The van der Waals surface area contributed by atoms with Crippen LogP contribution in [0.3, 0.4) is 0 Å². The first-order chi connectivity index (χ1) is 8.74. The fraction of sp³-hybridized carbons (Fsp3) is 0.267. The van der Waals surface area contributed by atoms with Crippen molar-refractivity contribution in [2.45, 2.75) is 19.8 Å². The second kappa shape index (κ2) is 6.05. The van der Waals surface area contributed by atoms with E-state index in [1.54, 1.807) is 0 Å². The van der Waals surface area contributed by atoms with Gasteiger partial charge in [0.25, 0.3) is 0 Å². The lowest BCUT2D eigenvalue weighted by Crippen LogP contribution is -2.27. The Labute approximate surface area is 107 Å². The fourth-order valence-corrected chi connectivity index (χ4v) is 1.93. The maximum absolute atomic E-state index is 11.7. The average molecular weight is 242 g/mol. The van der Waals surface area contributed by atoms with Crippen LogP contribution in [0.25, 0.3) is 0 Å². The van der Waals surface area contributed by atoms with Crippen LogP contribution in [0, 0.1) is 6.92 Å². The third-order valence-corrected chi connectivity index (χ3v) is 2.85. The summed E-state index contributed by atoms with van der Waals surface area (Å²) in [5, 5.41) is 2.94. The summed E-state index contributed by atoms with van der Waals surface area (Å²) in [6.45, 7) is 2.72. The summed E-state index contributed by atoms with van der Waals surface area (Å²) >= 11 is 0. The van der Waals surface area contributed by atoms with E-state index in [-0.39, 0.29) is 5.91 Å². The van der Waals surface area contributed by atoms with Crippen LogP contribution < -0.4 is 5.32 Å². The van der Waals surface area contributed by atoms with Crippen molar-refractivity contribution in [3.63, 3.8) is 0 Å². The van der Waals surface area contributed by atoms with E-state index >= 15 is 0 Å². The minimum Gasteiger partial charge on any atom is -0.367 e. The topological polar surface area (TPSA) is 44.9 Å². The fourth-order valence-electron chi connectivity index (χ4n) is 1.93. The highest BCUT2D eigenvalue weighted by molar-refractivity contribution is 5.78. The predicted octanol–water partition coefficient (Wildman–Crippen LogP) is 2.22. The highest BCUT2D eigenvalue weighted by Gasteiger charge is 2.03. The van der Waals surface area contributed by atoms with Crippen molar-refractivity contribution in [1.82, 2.24) is 10.3 Å². The number of H-pyrrole nitrogens is 1. The third kappa shape index (κ3) is 3.77. The molecule has 94 valence electrons. The van der Waals surface area contributed by atoms with E-state index in [0.717, 1.165) is 12.0 Å². The number of benzene rings is 1. The Balaban J connectivity index is 1.75. The van der Waals surface area contributed by atoms with Gasteiger partial charge in [0.1, 0.15) is 0 Å². The zero-order valence-electron chi connectivity index (χ0n) is 10.6. The van der Waals surface area contributed by atoms with Crippen molar-refractivity contribution in [1.29, 1.82) is 0 Å². The molecule has 2 N–H and O–H groups in total. The Morgan fingerprint density at radius 3 is 2.89 bits per heavy atom. The van der Waals surface area contributed by atoms with Gasteiger partial charge in [-0.2, -0.15) is 0 Å². The molecular weight excluding hydrogens is 224 g/mol. The van der Waals surface area contributed by atoms with Gasteiger partial charge in [-0.15, -0.1) is 0 Å². The number of carbonyl (C=O) groups is 1. The van der Waals surface area contributed by atoms with Crippen molar-refractivity contribution in [2.24, 2.45) is 0 Å². The highest BCUT2D eigenvalue weighted by atomic mass is 16.1. The van der Waals surface area contributed by atoms with Crippen LogP contribution in [0.2, 0.25) is 0 Å². The van der Waals surface area contributed by atoms with Crippen LogP contribution in [0.1, 0.15) is 16.7 Å². The first-order valence-corrected chi connectivity index (χ1v) is 6.18. The predicted molar refractivity (Wildman–Crippen MR) is 72.4 cm³/mol. The van der Waals surface area contributed by atoms with Crippen molar-refractivity contribution in [3.8, 4) is 0 Å². The molecular formula is C15H18N2O. The Bertz CT molecular complexity index is 503. The molecule has 1 aromatic heterocycles. The van der Waals surface area contributed by atoms with Crippen LogP contribution in [-0.4, -0.2) is 17.4 Å². The van der Waals surface area contributed by atoms with Crippen LogP contribution in [0.5, 0.6) is 0 Å². The SMILES string of the molecule is Cc1cccc(CC(=O)NCCc2cc[nH]c2)c1. The monoisotopic (exact) mass is 242 g/mol. The van der Waals surface area contributed by atoms with E-state index in [1.807, 2.05) is 49.6 Å². The number of hydrogen-bond donors (Lipinski definition) is 2. The van der Waals surface area contributed by atoms with Crippen molar-refractivity contribution in [3.05, 3.63) is 59.4 Å². The Hall–Kier alpha value is -2.03. The van der Waals surface area contributed by atoms with Crippen LogP contribution >= 0.6 is 0 Å². The number of aromatic nitrogens is 1. The molecule has 18 heavy (non-hydrogen) atoms.